The lowest BCUT2D eigenvalue weighted by molar-refractivity contribution is 0.00203. The van der Waals surface area contributed by atoms with Crippen LogP contribution < -0.4 is 0 Å². The van der Waals surface area contributed by atoms with E-state index in [0.29, 0.717) is 12.5 Å². The second-order valence-corrected chi connectivity index (χ2v) is 7.09. The maximum absolute atomic E-state index is 6.01. The Morgan fingerprint density at radius 2 is 2.05 bits per heavy atom. The zero-order chi connectivity index (χ0) is 14.8. The van der Waals surface area contributed by atoms with Gasteiger partial charge < -0.3 is 4.74 Å². The van der Waals surface area contributed by atoms with Gasteiger partial charge in [0.15, 0.2) is 5.65 Å². The lowest BCUT2D eigenvalue weighted by Crippen LogP contribution is -2.26. The number of nitrogens with zero attached hydrogens (tertiary/aromatic N) is 6. The molecule has 0 saturated carbocycles. The number of thiophene rings is 1. The first kappa shape index (κ1) is 12.5. The van der Waals surface area contributed by atoms with E-state index < -0.39 is 0 Å². The van der Waals surface area contributed by atoms with Crippen LogP contribution in [-0.4, -0.2) is 35.3 Å². The van der Waals surface area contributed by atoms with Crippen LogP contribution in [0.4, 0.5) is 0 Å². The summed E-state index contributed by atoms with van der Waals surface area (Å²) in [5.41, 5.74) is 2.20. The predicted octanol–water partition coefficient (Wildman–Crippen LogP) is 2.08. The molecule has 0 bridgehead atoms. The SMILES string of the molecule is CC(C)C1Cc2c(sc3c2c2nncn2c2nncn32)CO1. The Kier molecular flexibility index (Phi) is 2.40. The van der Waals surface area contributed by atoms with E-state index in [9.17, 15) is 0 Å². The van der Waals surface area contributed by atoms with Crippen LogP contribution in [0.3, 0.4) is 0 Å². The van der Waals surface area contributed by atoms with Gasteiger partial charge in [0.25, 0.3) is 0 Å². The summed E-state index contributed by atoms with van der Waals surface area (Å²) >= 11 is 1.74. The quantitative estimate of drug-likeness (QED) is 0.538. The van der Waals surface area contributed by atoms with Crippen LogP contribution in [0.25, 0.3) is 21.6 Å². The molecule has 0 N–H and O–H groups in total. The van der Waals surface area contributed by atoms with Gasteiger partial charge in [-0.05, 0) is 11.5 Å². The molecule has 0 amide bonds. The van der Waals surface area contributed by atoms with Gasteiger partial charge in [-0.3, -0.25) is 4.40 Å². The van der Waals surface area contributed by atoms with Gasteiger partial charge in [-0.1, -0.05) is 13.8 Å². The Labute approximate surface area is 129 Å². The van der Waals surface area contributed by atoms with Gasteiger partial charge in [0.2, 0.25) is 5.78 Å². The fourth-order valence-electron chi connectivity index (χ4n) is 3.19. The largest absolute Gasteiger partial charge is 0.372 e. The molecule has 22 heavy (non-hydrogen) atoms. The molecule has 0 radical (unpaired) electrons. The van der Waals surface area contributed by atoms with E-state index in [2.05, 4.69) is 34.2 Å². The highest BCUT2D eigenvalue weighted by Crippen LogP contribution is 2.39. The lowest BCUT2D eigenvalue weighted by atomic mass is 9.96. The van der Waals surface area contributed by atoms with E-state index >= 15 is 0 Å². The number of aromatic nitrogens is 6. The molecule has 5 rings (SSSR count). The standard InChI is InChI=1S/C14H14N6OS/c1-7(2)9-3-8-10(4-21-9)22-13-11(8)12-17-15-5-19(12)14-18-16-6-20(13)14/h5-7,9H,3-4H2,1-2H3. The molecular formula is C14H14N6OS. The summed E-state index contributed by atoms with van der Waals surface area (Å²) in [4.78, 5) is 2.40. The van der Waals surface area contributed by atoms with Crippen LogP contribution >= 0.6 is 11.3 Å². The molecule has 0 aromatic carbocycles. The zero-order valence-corrected chi connectivity index (χ0v) is 13.0. The molecule has 0 fully saturated rings. The minimum Gasteiger partial charge on any atom is -0.372 e. The van der Waals surface area contributed by atoms with Crippen molar-refractivity contribution in [3.8, 4) is 0 Å². The summed E-state index contributed by atoms with van der Waals surface area (Å²) in [5.74, 6) is 1.24. The third-order valence-corrected chi connectivity index (χ3v) is 5.59. The van der Waals surface area contributed by atoms with Gasteiger partial charge in [-0.2, -0.15) is 0 Å². The first-order chi connectivity index (χ1) is 10.7. The summed E-state index contributed by atoms with van der Waals surface area (Å²) in [6.45, 7) is 5.07. The van der Waals surface area contributed by atoms with Crippen LogP contribution in [0.2, 0.25) is 0 Å². The smallest absolute Gasteiger partial charge is 0.243 e. The monoisotopic (exact) mass is 314 g/mol. The Morgan fingerprint density at radius 3 is 2.91 bits per heavy atom. The molecule has 1 aliphatic rings. The van der Waals surface area contributed by atoms with Gasteiger partial charge in [0.05, 0.1) is 18.1 Å². The van der Waals surface area contributed by atoms with Crippen LogP contribution in [0.1, 0.15) is 24.3 Å². The number of fused-ring (bicyclic) bond motifs is 8. The van der Waals surface area contributed by atoms with Crippen LogP contribution in [-0.2, 0) is 17.8 Å². The van der Waals surface area contributed by atoms with Crippen molar-refractivity contribution in [3.05, 3.63) is 23.1 Å². The number of hydrogen-bond acceptors (Lipinski definition) is 6. The van der Waals surface area contributed by atoms with Gasteiger partial charge in [-0.25, -0.2) is 4.40 Å². The Morgan fingerprint density at radius 1 is 1.23 bits per heavy atom. The van der Waals surface area contributed by atoms with E-state index in [1.807, 2.05) is 8.80 Å². The Balaban J connectivity index is 1.91. The topological polar surface area (TPSA) is 69.6 Å². The molecule has 0 spiro atoms. The van der Waals surface area contributed by atoms with Gasteiger partial charge in [-0.15, -0.1) is 31.7 Å². The average Bonchev–Trinajstić information content (AvgIpc) is 3.22. The molecule has 8 heteroatoms. The highest BCUT2D eigenvalue weighted by molar-refractivity contribution is 7.19. The fraction of sp³-hybridized carbons (Fsp3) is 0.429. The average molecular weight is 314 g/mol. The van der Waals surface area contributed by atoms with Gasteiger partial charge in [0, 0.05) is 11.3 Å². The van der Waals surface area contributed by atoms with Crippen molar-refractivity contribution in [2.75, 3.05) is 0 Å². The number of ether oxygens (including phenoxy) is 1. The molecule has 0 aliphatic carbocycles. The van der Waals surface area contributed by atoms with Crippen molar-refractivity contribution in [1.29, 1.82) is 0 Å². The molecule has 5 heterocycles. The molecule has 4 aromatic heterocycles. The summed E-state index contributed by atoms with van der Waals surface area (Å²) in [6, 6.07) is 0. The zero-order valence-electron chi connectivity index (χ0n) is 12.2. The van der Waals surface area contributed by atoms with Crippen molar-refractivity contribution in [2.45, 2.75) is 33.0 Å². The van der Waals surface area contributed by atoms with Crippen LogP contribution in [0.15, 0.2) is 12.7 Å². The van der Waals surface area contributed by atoms with Crippen molar-refractivity contribution < 1.29 is 4.74 Å². The summed E-state index contributed by atoms with van der Waals surface area (Å²) in [5, 5.41) is 17.8. The van der Waals surface area contributed by atoms with E-state index in [1.165, 1.54) is 15.8 Å². The lowest BCUT2D eigenvalue weighted by Gasteiger charge is -2.26. The second kappa shape index (κ2) is 4.23. The maximum atomic E-state index is 6.01. The molecule has 4 aromatic rings. The normalized spacial score (nSPS) is 18.8. The molecular weight excluding hydrogens is 300 g/mol. The first-order valence-corrected chi connectivity index (χ1v) is 8.13. The summed E-state index contributed by atoms with van der Waals surface area (Å²) in [7, 11) is 0. The maximum Gasteiger partial charge on any atom is 0.243 e. The Hall–Kier alpha value is -2.06. The number of hydrogen-bond donors (Lipinski definition) is 0. The minimum atomic E-state index is 0.255. The molecule has 0 saturated heterocycles. The van der Waals surface area contributed by atoms with Crippen molar-refractivity contribution in [3.63, 3.8) is 0 Å². The van der Waals surface area contributed by atoms with Crippen molar-refractivity contribution in [1.82, 2.24) is 29.2 Å². The van der Waals surface area contributed by atoms with E-state index in [1.54, 1.807) is 24.0 Å². The number of rotatable bonds is 1. The molecule has 1 atom stereocenters. The predicted molar refractivity (Wildman–Crippen MR) is 82.0 cm³/mol. The van der Waals surface area contributed by atoms with Crippen molar-refractivity contribution in [2.24, 2.45) is 5.92 Å². The molecule has 112 valence electrons. The third-order valence-electron chi connectivity index (χ3n) is 4.38. The molecule has 1 aliphatic heterocycles. The molecule has 7 nitrogen and oxygen atoms in total. The van der Waals surface area contributed by atoms with Gasteiger partial charge in [0.1, 0.15) is 17.5 Å². The minimum absolute atomic E-state index is 0.255. The van der Waals surface area contributed by atoms with Crippen molar-refractivity contribution >= 4 is 33.0 Å². The highest BCUT2D eigenvalue weighted by atomic mass is 32.1. The van der Waals surface area contributed by atoms with Crippen LogP contribution in [0, 0.1) is 5.92 Å². The Bertz CT molecular complexity index is 1010. The molecule has 1 unspecified atom stereocenters. The van der Waals surface area contributed by atoms with E-state index in [0.717, 1.165) is 22.7 Å². The van der Waals surface area contributed by atoms with E-state index in [4.69, 9.17) is 4.74 Å². The summed E-state index contributed by atoms with van der Waals surface area (Å²) in [6.07, 6.45) is 4.62. The fourth-order valence-corrected chi connectivity index (χ4v) is 4.40. The first-order valence-electron chi connectivity index (χ1n) is 7.31. The van der Waals surface area contributed by atoms with Crippen LogP contribution in [0.5, 0.6) is 0 Å². The highest BCUT2D eigenvalue weighted by Gasteiger charge is 2.28. The second-order valence-electron chi connectivity index (χ2n) is 6.01. The van der Waals surface area contributed by atoms with Gasteiger partial charge >= 0.3 is 0 Å². The van der Waals surface area contributed by atoms with E-state index in [-0.39, 0.29) is 6.10 Å². The third kappa shape index (κ3) is 1.48. The summed E-state index contributed by atoms with van der Waals surface area (Å²) < 4.78 is 9.93.